The Bertz CT molecular complexity index is 819. The van der Waals surface area contributed by atoms with Gasteiger partial charge in [-0.15, -0.1) is 0 Å². The molecule has 10 heteroatoms. The largest absolute Gasteiger partial charge is 0.366 e. The summed E-state index contributed by atoms with van der Waals surface area (Å²) in [5.74, 6) is -1.68. The lowest BCUT2D eigenvalue weighted by molar-refractivity contribution is 0.100. The number of imidazole rings is 1. The lowest BCUT2D eigenvalue weighted by Gasteiger charge is -2.08. The van der Waals surface area contributed by atoms with Gasteiger partial charge in [-0.25, -0.2) is 9.37 Å². The number of aryl methyl sites for hydroxylation is 1. The normalized spacial score (nSPS) is 11.4. The van der Waals surface area contributed by atoms with E-state index in [0.717, 1.165) is 18.2 Å². The molecule has 0 bridgehead atoms. The maximum Gasteiger partial charge on any atom is 0.282 e. The summed E-state index contributed by atoms with van der Waals surface area (Å²) in [6.07, 6.45) is 1.20. The molecule has 1 heterocycles. The first-order chi connectivity index (χ1) is 9.72. The summed E-state index contributed by atoms with van der Waals surface area (Å²) in [6, 6.07) is 3.06. The van der Waals surface area contributed by atoms with E-state index in [0.29, 0.717) is 0 Å². The maximum absolute atomic E-state index is 13.6. The first-order valence-electron chi connectivity index (χ1n) is 5.51. The summed E-state index contributed by atoms with van der Waals surface area (Å²) in [6.45, 7) is 0. The molecule has 0 aliphatic carbocycles. The number of sulfonamides is 1. The lowest BCUT2D eigenvalue weighted by Crippen LogP contribution is -2.17. The van der Waals surface area contributed by atoms with Gasteiger partial charge < -0.3 is 10.3 Å². The summed E-state index contributed by atoms with van der Waals surface area (Å²) in [4.78, 5) is 14.7. The van der Waals surface area contributed by atoms with Crippen LogP contribution in [0.4, 0.5) is 10.1 Å². The number of carbonyl (C=O) groups excluding carboxylic acids is 1. The second kappa shape index (κ2) is 5.34. The summed E-state index contributed by atoms with van der Waals surface area (Å²) >= 11 is 5.79. The smallest absolute Gasteiger partial charge is 0.282 e. The summed E-state index contributed by atoms with van der Waals surface area (Å²) in [5.41, 5.74) is 4.60. The number of halogens is 2. The third-order valence-electron chi connectivity index (χ3n) is 2.58. The quantitative estimate of drug-likeness (QED) is 0.874. The molecular weight excluding hydrogens is 323 g/mol. The van der Waals surface area contributed by atoms with Crippen LogP contribution in [-0.4, -0.2) is 23.9 Å². The summed E-state index contributed by atoms with van der Waals surface area (Å²) in [5, 5.41) is -0.579. The van der Waals surface area contributed by atoms with Crippen molar-refractivity contribution in [3.63, 3.8) is 0 Å². The number of rotatable bonds is 4. The molecule has 0 unspecified atom stereocenters. The Morgan fingerprint density at radius 3 is 2.67 bits per heavy atom. The van der Waals surface area contributed by atoms with E-state index in [1.807, 2.05) is 4.72 Å². The fourth-order valence-corrected chi connectivity index (χ4v) is 3.02. The summed E-state index contributed by atoms with van der Waals surface area (Å²) in [7, 11) is -2.69. The van der Waals surface area contributed by atoms with Crippen LogP contribution >= 0.6 is 11.6 Å². The average molecular weight is 333 g/mol. The Kier molecular flexibility index (Phi) is 3.88. The molecule has 112 valence electrons. The minimum atomic E-state index is -4.19. The number of nitrogens with one attached hydrogen (secondary N) is 1. The molecule has 0 fully saturated rings. The predicted molar refractivity (Wildman–Crippen MR) is 73.9 cm³/mol. The Balaban J connectivity index is 2.44. The lowest BCUT2D eigenvalue weighted by atomic mass is 10.2. The van der Waals surface area contributed by atoms with Crippen LogP contribution in [0.15, 0.2) is 29.6 Å². The monoisotopic (exact) mass is 332 g/mol. The molecule has 1 amide bonds. The summed E-state index contributed by atoms with van der Waals surface area (Å²) < 4.78 is 41.1. The highest BCUT2D eigenvalue weighted by atomic mass is 35.5. The van der Waals surface area contributed by atoms with Crippen LogP contribution in [0.5, 0.6) is 0 Å². The van der Waals surface area contributed by atoms with Gasteiger partial charge in [-0.2, -0.15) is 8.42 Å². The maximum atomic E-state index is 13.6. The number of hydrogen-bond donors (Lipinski definition) is 2. The molecule has 21 heavy (non-hydrogen) atoms. The first-order valence-corrected chi connectivity index (χ1v) is 7.37. The van der Waals surface area contributed by atoms with E-state index in [4.69, 9.17) is 17.3 Å². The topological polar surface area (TPSA) is 107 Å². The van der Waals surface area contributed by atoms with Crippen molar-refractivity contribution < 1.29 is 17.6 Å². The van der Waals surface area contributed by atoms with E-state index in [2.05, 4.69) is 4.98 Å². The number of carbonyl (C=O) groups is 1. The third kappa shape index (κ3) is 2.98. The Morgan fingerprint density at radius 1 is 1.48 bits per heavy atom. The molecule has 0 aliphatic heterocycles. The molecule has 0 aliphatic rings. The highest BCUT2D eigenvalue weighted by molar-refractivity contribution is 7.92. The van der Waals surface area contributed by atoms with Crippen molar-refractivity contribution in [2.24, 2.45) is 12.8 Å². The fourth-order valence-electron chi connectivity index (χ4n) is 1.52. The molecule has 0 spiro atoms. The van der Waals surface area contributed by atoms with Crippen LogP contribution in [0.25, 0.3) is 0 Å². The van der Waals surface area contributed by atoms with Gasteiger partial charge in [0.2, 0.25) is 10.9 Å². The third-order valence-corrected chi connectivity index (χ3v) is 4.44. The van der Waals surface area contributed by atoms with Gasteiger partial charge in [-0.3, -0.25) is 9.52 Å². The molecule has 2 rings (SSSR count). The molecule has 1 aromatic heterocycles. The number of nitrogens with two attached hydrogens (primary N) is 1. The number of hydrogen-bond acceptors (Lipinski definition) is 4. The first kappa shape index (κ1) is 15.3. The van der Waals surface area contributed by atoms with Crippen LogP contribution in [0.1, 0.15) is 10.4 Å². The Hall–Kier alpha value is -2.13. The Morgan fingerprint density at radius 2 is 2.14 bits per heavy atom. The van der Waals surface area contributed by atoms with Crippen molar-refractivity contribution in [2.75, 3.05) is 4.72 Å². The SMILES string of the molecule is Cn1cnc(S(=O)(=O)Nc2cc(C(N)=O)ccc2F)c1Cl. The van der Waals surface area contributed by atoms with Crippen molar-refractivity contribution in [1.82, 2.24) is 9.55 Å². The number of amides is 1. The predicted octanol–water partition coefficient (Wildman–Crippen LogP) is 1.11. The fraction of sp³-hybridized carbons (Fsp3) is 0.0909. The zero-order valence-electron chi connectivity index (χ0n) is 10.7. The molecule has 0 atom stereocenters. The highest BCUT2D eigenvalue weighted by Gasteiger charge is 2.24. The van der Waals surface area contributed by atoms with Gasteiger partial charge in [0.25, 0.3) is 10.0 Å². The van der Waals surface area contributed by atoms with E-state index < -0.39 is 32.5 Å². The number of primary amides is 1. The second-order valence-electron chi connectivity index (χ2n) is 4.12. The van der Waals surface area contributed by atoms with Gasteiger partial charge >= 0.3 is 0 Å². The van der Waals surface area contributed by atoms with Gasteiger partial charge in [0.1, 0.15) is 11.0 Å². The van der Waals surface area contributed by atoms with Crippen molar-refractivity contribution in [2.45, 2.75) is 5.03 Å². The van der Waals surface area contributed by atoms with E-state index in [1.54, 1.807) is 0 Å². The van der Waals surface area contributed by atoms with Gasteiger partial charge in [0.05, 0.1) is 12.0 Å². The van der Waals surface area contributed by atoms with Crippen molar-refractivity contribution in [3.8, 4) is 0 Å². The minimum absolute atomic E-state index is 0.0405. The van der Waals surface area contributed by atoms with E-state index in [-0.39, 0.29) is 10.7 Å². The van der Waals surface area contributed by atoms with Crippen LogP contribution in [0, 0.1) is 5.82 Å². The van der Waals surface area contributed by atoms with Gasteiger partial charge in [-0.05, 0) is 18.2 Å². The molecule has 7 nitrogen and oxygen atoms in total. The van der Waals surface area contributed by atoms with Gasteiger partial charge in [-0.1, -0.05) is 11.6 Å². The Labute approximate surface area is 124 Å². The second-order valence-corrected chi connectivity index (χ2v) is 6.07. The molecule has 0 radical (unpaired) electrons. The molecular formula is C11H10ClFN4O3S. The highest BCUT2D eigenvalue weighted by Crippen LogP contribution is 2.24. The number of aromatic nitrogens is 2. The number of benzene rings is 1. The molecule has 2 aromatic rings. The number of nitrogens with zero attached hydrogens (tertiary/aromatic N) is 2. The van der Waals surface area contributed by atoms with E-state index in [1.165, 1.54) is 17.9 Å². The van der Waals surface area contributed by atoms with Crippen LogP contribution < -0.4 is 10.5 Å². The van der Waals surface area contributed by atoms with Crippen LogP contribution in [-0.2, 0) is 17.1 Å². The number of anilines is 1. The molecule has 1 aromatic carbocycles. The minimum Gasteiger partial charge on any atom is -0.366 e. The molecule has 0 saturated heterocycles. The van der Waals surface area contributed by atoms with E-state index in [9.17, 15) is 17.6 Å². The van der Waals surface area contributed by atoms with E-state index >= 15 is 0 Å². The zero-order chi connectivity index (χ0) is 15.8. The van der Waals surface area contributed by atoms with Gasteiger partial charge in [0.15, 0.2) is 0 Å². The van der Waals surface area contributed by atoms with Crippen LogP contribution in [0.3, 0.4) is 0 Å². The van der Waals surface area contributed by atoms with Crippen molar-refractivity contribution >= 4 is 33.2 Å². The molecule has 0 saturated carbocycles. The van der Waals surface area contributed by atoms with Gasteiger partial charge in [0, 0.05) is 12.6 Å². The standard InChI is InChI=1S/C11H10ClFN4O3S/c1-17-5-15-11(9(17)12)21(19,20)16-8-4-6(10(14)18)2-3-7(8)13/h2-5,16H,1H3,(H2,14,18). The van der Waals surface area contributed by atoms with Crippen molar-refractivity contribution in [1.29, 1.82) is 0 Å². The zero-order valence-corrected chi connectivity index (χ0v) is 12.2. The van der Waals surface area contributed by atoms with Crippen LogP contribution in [0.2, 0.25) is 5.15 Å². The molecule has 3 N–H and O–H groups in total. The van der Waals surface area contributed by atoms with Crippen molar-refractivity contribution in [3.05, 3.63) is 41.1 Å². The average Bonchev–Trinajstić information content (AvgIpc) is 2.73.